The van der Waals surface area contributed by atoms with Gasteiger partial charge in [0.1, 0.15) is 12.0 Å². The van der Waals surface area contributed by atoms with Crippen molar-refractivity contribution in [2.45, 2.75) is 45.6 Å². The number of nitrogens with zero attached hydrogens (tertiary/aromatic N) is 2. The molecule has 1 aromatic heterocycles. The SMILES string of the molecule is CCNC(=NCc1ccon1)NCCC1=CCCCC1. The van der Waals surface area contributed by atoms with E-state index in [4.69, 9.17) is 4.52 Å². The average molecular weight is 276 g/mol. The van der Waals surface area contributed by atoms with Gasteiger partial charge in [-0.1, -0.05) is 16.8 Å². The van der Waals surface area contributed by atoms with E-state index in [1.165, 1.54) is 25.7 Å². The van der Waals surface area contributed by atoms with Gasteiger partial charge in [-0.05, 0) is 39.0 Å². The Bertz CT molecular complexity index is 437. The number of aromatic nitrogens is 1. The number of rotatable bonds is 6. The largest absolute Gasteiger partial charge is 0.364 e. The molecule has 1 aliphatic rings. The summed E-state index contributed by atoms with van der Waals surface area (Å²) < 4.78 is 4.80. The van der Waals surface area contributed by atoms with Crippen LogP contribution in [0.5, 0.6) is 0 Å². The smallest absolute Gasteiger partial charge is 0.191 e. The van der Waals surface area contributed by atoms with Crippen LogP contribution in [0, 0.1) is 0 Å². The minimum Gasteiger partial charge on any atom is -0.364 e. The van der Waals surface area contributed by atoms with Crippen molar-refractivity contribution >= 4 is 5.96 Å². The van der Waals surface area contributed by atoms with Gasteiger partial charge in [-0.25, -0.2) is 4.99 Å². The topological polar surface area (TPSA) is 62.5 Å². The van der Waals surface area contributed by atoms with Gasteiger partial charge >= 0.3 is 0 Å². The van der Waals surface area contributed by atoms with Crippen molar-refractivity contribution < 1.29 is 4.52 Å². The van der Waals surface area contributed by atoms with Crippen LogP contribution in [0.25, 0.3) is 0 Å². The van der Waals surface area contributed by atoms with Gasteiger partial charge in [0.2, 0.25) is 0 Å². The van der Waals surface area contributed by atoms with E-state index in [2.05, 4.69) is 33.8 Å². The third kappa shape index (κ3) is 5.07. The lowest BCUT2D eigenvalue weighted by molar-refractivity contribution is 0.412. The second kappa shape index (κ2) is 8.40. The Morgan fingerprint density at radius 3 is 3.05 bits per heavy atom. The van der Waals surface area contributed by atoms with Crippen molar-refractivity contribution in [2.24, 2.45) is 4.99 Å². The molecule has 0 saturated heterocycles. The van der Waals surface area contributed by atoms with Gasteiger partial charge in [-0.3, -0.25) is 0 Å². The van der Waals surface area contributed by atoms with Gasteiger partial charge in [0.15, 0.2) is 5.96 Å². The van der Waals surface area contributed by atoms with Crippen molar-refractivity contribution in [3.8, 4) is 0 Å². The molecular weight excluding hydrogens is 252 g/mol. The number of allylic oxidation sites excluding steroid dienone is 1. The van der Waals surface area contributed by atoms with Gasteiger partial charge in [-0.15, -0.1) is 0 Å². The molecule has 0 unspecified atom stereocenters. The Labute approximate surface area is 120 Å². The van der Waals surface area contributed by atoms with Crippen LogP contribution >= 0.6 is 0 Å². The van der Waals surface area contributed by atoms with E-state index in [-0.39, 0.29) is 0 Å². The maximum absolute atomic E-state index is 4.80. The molecule has 0 fully saturated rings. The molecule has 5 nitrogen and oxygen atoms in total. The lowest BCUT2D eigenvalue weighted by atomic mass is 9.97. The maximum Gasteiger partial charge on any atom is 0.191 e. The first-order chi connectivity index (χ1) is 9.88. The normalized spacial score (nSPS) is 15.8. The zero-order valence-corrected chi connectivity index (χ0v) is 12.2. The van der Waals surface area contributed by atoms with Crippen LogP contribution in [-0.2, 0) is 6.54 Å². The van der Waals surface area contributed by atoms with E-state index in [0.717, 1.165) is 31.2 Å². The Morgan fingerprint density at radius 1 is 1.40 bits per heavy atom. The summed E-state index contributed by atoms with van der Waals surface area (Å²) >= 11 is 0. The van der Waals surface area contributed by atoms with Gasteiger partial charge in [0.25, 0.3) is 0 Å². The molecule has 2 rings (SSSR count). The predicted molar refractivity (Wildman–Crippen MR) is 80.5 cm³/mol. The fourth-order valence-corrected chi connectivity index (χ4v) is 2.29. The lowest BCUT2D eigenvalue weighted by Gasteiger charge is -2.14. The maximum atomic E-state index is 4.80. The first kappa shape index (κ1) is 14.6. The van der Waals surface area contributed by atoms with Crippen molar-refractivity contribution in [2.75, 3.05) is 13.1 Å². The molecule has 0 amide bonds. The van der Waals surface area contributed by atoms with E-state index in [0.29, 0.717) is 6.54 Å². The minimum absolute atomic E-state index is 0.536. The Balaban J connectivity index is 1.76. The molecular formula is C15H24N4O. The Morgan fingerprint density at radius 2 is 2.35 bits per heavy atom. The summed E-state index contributed by atoms with van der Waals surface area (Å²) in [7, 11) is 0. The van der Waals surface area contributed by atoms with Crippen molar-refractivity contribution in [3.63, 3.8) is 0 Å². The molecule has 110 valence electrons. The monoisotopic (exact) mass is 276 g/mol. The summed E-state index contributed by atoms with van der Waals surface area (Å²) in [4.78, 5) is 4.49. The number of guanidine groups is 1. The zero-order valence-electron chi connectivity index (χ0n) is 12.2. The summed E-state index contributed by atoms with van der Waals surface area (Å²) in [6.45, 7) is 4.38. The third-order valence-electron chi connectivity index (χ3n) is 3.36. The molecule has 0 radical (unpaired) electrons. The summed E-state index contributed by atoms with van der Waals surface area (Å²) in [5.74, 6) is 0.840. The van der Waals surface area contributed by atoms with Crippen LogP contribution in [0.15, 0.2) is 33.5 Å². The van der Waals surface area contributed by atoms with Crippen LogP contribution < -0.4 is 10.6 Å². The van der Waals surface area contributed by atoms with E-state index in [9.17, 15) is 0 Å². The first-order valence-electron chi connectivity index (χ1n) is 7.48. The average Bonchev–Trinajstić information content (AvgIpc) is 2.99. The molecule has 1 heterocycles. The highest BCUT2D eigenvalue weighted by Gasteiger charge is 2.04. The van der Waals surface area contributed by atoms with E-state index in [1.807, 2.05) is 6.07 Å². The summed E-state index contributed by atoms with van der Waals surface area (Å²) in [6.07, 6.45) is 10.3. The first-order valence-corrected chi connectivity index (χ1v) is 7.48. The standard InChI is InChI=1S/C15H24N4O/c1-2-16-15(18-12-14-9-11-20-19-14)17-10-8-13-6-4-3-5-7-13/h6,9,11H,2-5,7-8,10,12H2,1H3,(H2,16,17,18). The van der Waals surface area contributed by atoms with Gasteiger partial charge in [-0.2, -0.15) is 0 Å². The number of hydrogen-bond acceptors (Lipinski definition) is 3. The molecule has 1 aliphatic carbocycles. The van der Waals surface area contributed by atoms with E-state index in [1.54, 1.807) is 11.8 Å². The van der Waals surface area contributed by atoms with Gasteiger partial charge in [0, 0.05) is 19.2 Å². The molecule has 0 bridgehead atoms. The number of aliphatic imine (C=N–C) groups is 1. The van der Waals surface area contributed by atoms with Crippen LogP contribution in [0.4, 0.5) is 0 Å². The molecule has 0 spiro atoms. The van der Waals surface area contributed by atoms with Crippen LogP contribution in [0.1, 0.15) is 44.7 Å². The minimum atomic E-state index is 0.536. The number of hydrogen-bond donors (Lipinski definition) is 2. The molecule has 20 heavy (non-hydrogen) atoms. The number of nitrogens with one attached hydrogen (secondary N) is 2. The highest BCUT2D eigenvalue weighted by molar-refractivity contribution is 5.79. The lowest BCUT2D eigenvalue weighted by Crippen LogP contribution is -2.37. The Kier molecular flexibility index (Phi) is 6.14. The van der Waals surface area contributed by atoms with Crippen LogP contribution in [0.2, 0.25) is 0 Å². The quantitative estimate of drug-likeness (QED) is 0.476. The molecule has 0 aliphatic heterocycles. The zero-order chi connectivity index (χ0) is 14.0. The molecule has 5 heteroatoms. The van der Waals surface area contributed by atoms with Crippen molar-refractivity contribution in [1.29, 1.82) is 0 Å². The van der Waals surface area contributed by atoms with Gasteiger partial charge < -0.3 is 15.2 Å². The molecule has 2 N–H and O–H groups in total. The van der Waals surface area contributed by atoms with Gasteiger partial charge in [0.05, 0.1) is 6.54 Å². The van der Waals surface area contributed by atoms with Crippen molar-refractivity contribution in [1.82, 2.24) is 15.8 Å². The van der Waals surface area contributed by atoms with Crippen LogP contribution in [0.3, 0.4) is 0 Å². The molecule has 0 atom stereocenters. The highest BCUT2D eigenvalue weighted by Crippen LogP contribution is 2.19. The third-order valence-corrected chi connectivity index (χ3v) is 3.36. The highest BCUT2D eigenvalue weighted by atomic mass is 16.5. The molecule has 1 aromatic rings. The van der Waals surface area contributed by atoms with Crippen molar-refractivity contribution in [3.05, 3.63) is 29.7 Å². The predicted octanol–water partition coefficient (Wildman–Crippen LogP) is 2.62. The fraction of sp³-hybridized carbons (Fsp3) is 0.600. The molecule has 0 saturated carbocycles. The Hall–Kier alpha value is -1.78. The summed E-state index contributed by atoms with van der Waals surface area (Å²) in [6, 6.07) is 1.83. The fourth-order valence-electron chi connectivity index (χ4n) is 2.29. The second-order valence-electron chi connectivity index (χ2n) is 4.97. The second-order valence-corrected chi connectivity index (χ2v) is 4.97. The summed E-state index contributed by atoms with van der Waals surface area (Å²) in [5.41, 5.74) is 2.42. The summed E-state index contributed by atoms with van der Waals surface area (Å²) in [5, 5.41) is 10.5. The van der Waals surface area contributed by atoms with E-state index >= 15 is 0 Å². The molecule has 0 aromatic carbocycles. The van der Waals surface area contributed by atoms with E-state index < -0.39 is 0 Å². The van der Waals surface area contributed by atoms with Crippen LogP contribution in [-0.4, -0.2) is 24.2 Å².